The van der Waals surface area contributed by atoms with Crippen molar-refractivity contribution in [2.24, 2.45) is 4.99 Å². The summed E-state index contributed by atoms with van der Waals surface area (Å²) in [6.07, 6.45) is 9.50. The van der Waals surface area contributed by atoms with E-state index in [1.807, 2.05) is 4.90 Å². The minimum atomic E-state index is -3.69. The molecular weight excluding hydrogens is 458 g/mol. The van der Waals surface area contributed by atoms with Crippen LogP contribution in [0.5, 0.6) is 0 Å². The summed E-state index contributed by atoms with van der Waals surface area (Å²) >= 11 is 0. The van der Waals surface area contributed by atoms with E-state index in [1.165, 1.54) is 10.7 Å². The number of nitrogen functional groups attached to an aromatic ring is 1. The number of amidine groups is 1. The van der Waals surface area contributed by atoms with Crippen molar-refractivity contribution in [1.29, 1.82) is 0 Å². The standard InChI is InChI=1S/C21H25N9O3S/c1-4-24-19(23-2)21(31)29-13-5-11(6-14(29)7-13)16-17(34(3,32)33)18(22)30-20(28-16)15(10-27-30)12-8-25-26-9-12/h4,8-11,13-14H,1,5-7,22H2,2-3H3,(H,23,24)(H,25,26)/t11?,13-,14+. The van der Waals surface area contributed by atoms with Gasteiger partial charge in [0, 0.05) is 48.6 Å². The van der Waals surface area contributed by atoms with E-state index in [-0.39, 0.29) is 40.5 Å². The van der Waals surface area contributed by atoms with Crippen LogP contribution in [0.4, 0.5) is 5.82 Å². The van der Waals surface area contributed by atoms with Crippen molar-refractivity contribution in [1.82, 2.24) is 35.0 Å². The van der Waals surface area contributed by atoms with Crippen LogP contribution in [0.3, 0.4) is 0 Å². The van der Waals surface area contributed by atoms with Crippen LogP contribution in [0.15, 0.2) is 41.3 Å². The van der Waals surface area contributed by atoms with Crippen LogP contribution in [0.1, 0.15) is 30.9 Å². The Hall–Kier alpha value is -3.74. The molecule has 2 bridgehead atoms. The highest BCUT2D eigenvalue weighted by molar-refractivity contribution is 7.91. The molecule has 0 aromatic carbocycles. The summed E-state index contributed by atoms with van der Waals surface area (Å²) in [5, 5.41) is 13.8. The van der Waals surface area contributed by atoms with E-state index < -0.39 is 9.84 Å². The first kappa shape index (κ1) is 22.1. The fraction of sp³-hybridized carbons (Fsp3) is 0.381. The number of nitrogens with two attached hydrogens (primary N) is 1. The predicted molar refractivity (Wildman–Crippen MR) is 126 cm³/mol. The fourth-order valence-electron chi connectivity index (χ4n) is 5.15. The van der Waals surface area contributed by atoms with Gasteiger partial charge in [0.2, 0.25) is 0 Å². The molecule has 3 fully saturated rings. The number of sulfone groups is 1. The normalized spacial score (nSPS) is 22.5. The van der Waals surface area contributed by atoms with E-state index in [4.69, 9.17) is 10.7 Å². The predicted octanol–water partition coefficient (Wildman–Crippen LogP) is 0.713. The van der Waals surface area contributed by atoms with Gasteiger partial charge in [0.1, 0.15) is 10.7 Å². The topological polar surface area (TPSA) is 164 Å². The molecule has 34 heavy (non-hydrogen) atoms. The molecule has 2 aliphatic heterocycles. The number of aliphatic imine (C=N–C) groups is 1. The fourth-order valence-corrected chi connectivity index (χ4v) is 6.20. The molecular formula is C21H25N9O3S. The van der Waals surface area contributed by atoms with E-state index >= 15 is 0 Å². The molecule has 3 aromatic rings. The number of carbonyl (C=O) groups excluding carboxylic acids is 1. The third-order valence-electron chi connectivity index (χ3n) is 6.57. The molecule has 3 aromatic heterocycles. The number of rotatable bonds is 4. The lowest BCUT2D eigenvalue weighted by Gasteiger charge is -2.55. The Morgan fingerprint density at radius 2 is 2.06 bits per heavy atom. The van der Waals surface area contributed by atoms with Gasteiger partial charge < -0.3 is 16.0 Å². The SMILES string of the molecule is C=CNC(=NC)C(=O)N1[C@@H]2CC(c3nc4c(-c5cn[nH]c5)cnn4c(N)c3S(C)(=O)=O)C[C@H]1C2. The van der Waals surface area contributed by atoms with Gasteiger partial charge in [0.25, 0.3) is 5.91 Å². The summed E-state index contributed by atoms with van der Waals surface area (Å²) in [7, 11) is -2.15. The Labute approximate surface area is 195 Å². The first-order valence-corrected chi connectivity index (χ1v) is 12.7. The van der Waals surface area contributed by atoms with Crippen LogP contribution in [0, 0.1) is 0 Å². The molecule has 0 radical (unpaired) electrons. The minimum Gasteiger partial charge on any atom is -0.382 e. The smallest absolute Gasteiger partial charge is 0.289 e. The van der Waals surface area contributed by atoms with Gasteiger partial charge in [-0.05, 0) is 25.5 Å². The molecule has 12 nitrogen and oxygen atoms in total. The van der Waals surface area contributed by atoms with Crippen LogP contribution in [-0.4, -0.2) is 75.2 Å². The molecule has 5 heterocycles. The van der Waals surface area contributed by atoms with Crippen molar-refractivity contribution >= 4 is 33.0 Å². The number of anilines is 1. The Morgan fingerprint density at radius 1 is 1.32 bits per heavy atom. The quantitative estimate of drug-likeness (QED) is 0.361. The summed E-state index contributed by atoms with van der Waals surface area (Å²) in [4.78, 5) is 23.6. The van der Waals surface area contributed by atoms with Gasteiger partial charge in [-0.2, -0.15) is 14.7 Å². The zero-order chi connectivity index (χ0) is 24.2. The van der Waals surface area contributed by atoms with Crippen molar-refractivity contribution in [3.63, 3.8) is 0 Å². The number of hydrogen-bond acceptors (Lipinski definition) is 8. The second kappa shape index (κ2) is 7.94. The summed E-state index contributed by atoms with van der Waals surface area (Å²) in [5.41, 5.74) is 8.70. The van der Waals surface area contributed by atoms with Gasteiger partial charge in [-0.3, -0.25) is 14.9 Å². The third-order valence-corrected chi connectivity index (χ3v) is 7.73. The summed E-state index contributed by atoms with van der Waals surface area (Å²) in [5.74, 6) is -0.106. The first-order valence-electron chi connectivity index (χ1n) is 10.8. The van der Waals surface area contributed by atoms with E-state index in [2.05, 4.69) is 32.2 Å². The van der Waals surface area contributed by atoms with Gasteiger partial charge in [-0.15, -0.1) is 0 Å². The lowest BCUT2D eigenvalue weighted by molar-refractivity contribution is -0.142. The van der Waals surface area contributed by atoms with Crippen molar-refractivity contribution in [2.45, 2.75) is 42.2 Å². The maximum Gasteiger partial charge on any atom is 0.289 e. The minimum absolute atomic E-state index is 0.00449. The Balaban J connectivity index is 1.55. The number of nitrogens with one attached hydrogen (secondary N) is 2. The highest BCUT2D eigenvalue weighted by Gasteiger charge is 2.50. The van der Waals surface area contributed by atoms with E-state index in [0.29, 0.717) is 29.7 Å². The number of hydrogen-bond donors (Lipinski definition) is 3. The highest BCUT2D eigenvalue weighted by atomic mass is 32.2. The van der Waals surface area contributed by atoms with Crippen LogP contribution in [-0.2, 0) is 14.6 Å². The van der Waals surface area contributed by atoms with Gasteiger partial charge in [-0.25, -0.2) is 13.4 Å². The zero-order valence-corrected chi connectivity index (χ0v) is 19.6. The summed E-state index contributed by atoms with van der Waals surface area (Å²) in [6, 6.07) is -0.0749. The molecule has 13 heteroatoms. The molecule has 0 spiro atoms. The van der Waals surface area contributed by atoms with Gasteiger partial charge in [0.05, 0.1) is 18.1 Å². The average Bonchev–Trinajstić information content (AvgIpc) is 3.46. The monoisotopic (exact) mass is 483 g/mol. The van der Waals surface area contributed by atoms with Crippen molar-refractivity contribution < 1.29 is 13.2 Å². The third kappa shape index (κ3) is 3.34. The maximum atomic E-state index is 12.9. The molecule has 3 aliphatic rings. The van der Waals surface area contributed by atoms with Crippen molar-refractivity contribution in [2.75, 3.05) is 19.0 Å². The van der Waals surface area contributed by atoms with Gasteiger partial charge in [-0.1, -0.05) is 6.58 Å². The summed E-state index contributed by atoms with van der Waals surface area (Å²) < 4.78 is 26.9. The number of aromatic nitrogens is 5. The number of nitrogens with zero attached hydrogens (tertiary/aromatic N) is 6. The number of H-pyrrole nitrogens is 1. The largest absolute Gasteiger partial charge is 0.382 e. The molecule has 1 amide bonds. The Morgan fingerprint density at radius 3 is 2.65 bits per heavy atom. The number of aromatic amines is 1. The molecule has 1 unspecified atom stereocenters. The second-order valence-electron chi connectivity index (χ2n) is 8.61. The van der Waals surface area contributed by atoms with Crippen LogP contribution >= 0.6 is 0 Å². The van der Waals surface area contributed by atoms with Gasteiger partial charge >= 0.3 is 0 Å². The van der Waals surface area contributed by atoms with Crippen LogP contribution in [0.25, 0.3) is 16.8 Å². The summed E-state index contributed by atoms with van der Waals surface area (Å²) in [6.45, 7) is 3.59. The molecule has 178 valence electrons. The molecule has 3 atom stereocenters. The second-order valence-corrected chi connectivity index (χ2v) is 10.6. The molecule has 1 aliphatic carbocycles. The highest BCUT2D eigenvalue weighted by Crippen LogP contribution is 2.47. The Bertz CT molecular complexity index is 1410. The lowest BCUT2D eigenvalue weighted by Crippen LogP contribution is -2.64. The maximum absolute atomic E-state index is 12.9. The molecule has 6 rings (SSSR count). The molecule has 1 saturated carbocycles. The number of piperidine rings is 1. The Kier molecular flexibility index (Phi) is 5.15. The van der Waals surface area contributed by atoms with Crippen LogP contribution < -0.4 is 11.1 Å². The van der Waals surface area contributed by atoms with Gasteiger partial charge in [0.15, 0.2) is 21.3 Å². The molecule has 2 saturated heterocycles. The lowest BCUT2D eigenvalue weighted by atomic mass is 9.72. The van der Waals surface area contributed by atoms with Crippen LogP contribution in [0.2, 0.25) is 0 Å². The van der Waals surface area contributed by atoms with E-state index in [1.54, 1.807) is 25.6 Å². The molecule has 4 N–H and O–H groups in total. The number of fused-ring (bicyclic) bond motifs is 3. The van der Waals surface area contributed by atoms with Crippen molar-refractivity contribution in [3.8, 4) is 11.1 Å². The van der Waals surface area contributed by atoms with E-state index in [0.717, 1.165) is 18.2 Å². The number of amides is 1. The zero-order valence-electron chi connectivity index (χ0n) is 18.8. The van der Waals surface area contributed by atoms with Crippen molar-refractivity contribution in [3.05, 3.63) is 37.1 Å². The number of carbonyl (C=O) groups is 1. The van der Waals surface area contributed by atoms with E-state index in [9.17, 15) is 13.2 Å². The first-order chi connectivity index (χ1) is 16.2. The average molecular weight is 484 g/mol.